The van der Waals surface area contributed by atoms with E-state index >= 15 is 0 Å². The lowest BCUT2D eigenvalue weighted by Crippen LogP contribution is -1.87. The molecule has 5 nitrogen and oxygen atoms in total. The van der Waals surface area contributed by atoms with Gasteiger partial charge >= 0.3 is 0 Å². The third-order valence-electron chi connectivity index (χ3n) is 1.64. The summed E-state index contributed by atoms with van der Waals surface area (Å²) in [6.45, 7) is 0. The number of hydrogen-bond acceptors (Lipinski definition) is 3. The van der Waals surface area contributed by atoms with Crippen LogP contribution < -0.4 is 5.73 Å². The largest absolute Gasteiger partial charge is 0.382 e. The van der Waals surface area contributed by atoms with Gasteiger partial charge in [-0.05, 0) is 15.9 Å². The second-order valence-electron chi connectivity index (χ2n) is 2.71. The minimum Gasteiger partial charge on any atom is -0.382 e. The normalized spacial score (nSPS) is 10.6. The first-order chi connectivity index (χ1) is 6.16. The van der Waals surface area contributed by atoms with E-state index in [2.05, 4.69) is 31.2 Å². The number of aryl methyl sites for hydroxylation is 1. The summed E-state index contributed by atoms with van der Waals surface area (Å²) in [6.07, 6.45) is 1.87. The zero-order chi connectivity index (χ0) is 9.42. The Labute approximate surface area is 83.1 Å². The van der Waals surface area contributed by atoms with Crippen LogP contribution in [0.2, 0.25) is 0 Å². The maximum Gasteiger partial charge on any atom is 0.145 e. The monoisotopic (exact) mass is 241 g/mol. The van der Waals surface area contributed by atoms with E-state index in [1.54, 1.807) is 10.7 Å². The number of hydrogen-bond donors (Lipinski definition) is 2. The first-order valence-corrected chi connectivity index (χ1v) is 4.46. The number of aromatic nitrogens is 4. The molecular formula is C7H8BrN5. The van der Waals surface area contributed by atoms with Crippen LogP contribution in [0.25, 0.3) is 11.4 Å². The van der Waals surface area contributed by atoms with E-state index in [4.69, 9.17) is 5.73 Å². The van der Waals surface area contributed by atoms with Gasteiger partial charge < -0.3 is 5.73 Å². The minimum atomic E-state index is 0.465. The number of nitrogens with zero attached hydrogens (tertiary/aromatic N) is 3. The van der Waals surface area contributed by atoms with Gasteiger partial charge in [-0.15, -0.1) is 0 Å². The van der Waals surface area contributed by atoms with Crippen LogP contribution in [0.1, 0.15) is 0 Å². The van der Waals surface area contributed by atoms with Crippen molar-refractivity contribution in [3.63, 3.8) is 0 Å². The molecule has 13 heavy (non-hydrogen) atoms. The highest BCUT2D eigenvalue weighted by molar-refractivity contribution is 9.10. The molecule has 2 heterocycles. The highest BCUT2D eigenvalue weighted by Crippen LogP contribution is 2.25. The molecule has 0 saturated heterocycles. The summed E-state index contributed by atoms with van der Waals surface area (Å²) in [7, 11) is 1.86. The Bertz CT molecular complexity index is 430. The molecule has 0 aliphatic heterocycles. The van der Waals surface area contributed by atoms with Gasteiger partial charge in [-0.3, -0.25) is 9.78 Å². The molecule has 0 atom stereocenters. The molecule has 0 fully saturated rings. The molecule has 6 heteroatoms. The Morgan fingerprint density at radius 3 is 2.85 bits per heavy atom. The second kappa shape index (κ2) is 2.88. The smallest absolute Gasteiger partial charge is 0.145 e. The van der Waals surface area contributed by atoms with Crippen LogP contribution >= 0.6 is 15.9 Å². The quantitative estimate of drug-likeness (QED) is 0.787. The topological polar surface area (TPSA) is 72.5 Å². The van der Waals surface area contributed by atoms with E-state index in [1.807, 2.05) is 13.2 Å². The predicted molar refractivity (Wildman–Crippen MR) is 52.9 cm³/mol. The van der Waals surface area contributed by atoms with Gasteiger partial charge in [-0.25, -0.2) is 0 Å². The molecular weight excluding hydrogens is 234 g/mol. The zero-order valence-corrected chi connectivity index (χ0v) is 8.54. The predicted octanol–water partition coefficient (Wildman–Crippen LogP) is 1.15. The number of aromatic amines is 1. The summed E-state index contributed by atoms with van der Waals surface area (Å²) in [5, 5.41) is 10.9. The average Bonchev–Trinajstić information content (AvgIpc) is 2.58. The fourth-order valence-electron chi connectivity index (χ4n) is 1.10. The van der Waals surface area contributed by atoms with Crippen LogP contribution in [-0.2, 0) is 7.05 Å². The van der Waals surface area contributed by atoms with Crippen LogP contribution in [0, 0.1) is 0 Å². The fraction of sp³-hybridized carbons (Fsp3) is 0.143. The maximum atomic E-state index is 5.48. The number of anilines is 1. The van der Waals surface area contributed by atoms with Crippen molar-refractivity contribution in [1.29, 1.82) is 0 Å². The summed E-state index contributed by atoms with van der Waals surface area (Å²) in [5.74, 6) is 0.465. The first kappa shape index (κ1) is 8.31. The Kier molecular flexibility index (Phi) is 1.84. The Morgan fingerprint density at radius 1 is 1.62 bits per heavy atom. The summed E-state index contributed by atoms with van der Waals surface area (Å²) in [4.78, 5) is 0. The number of H-pyrrole nitrogens is 1. The van der Waals surface area contributed by atoms with Crippen molar-refractivity contribution in [2.45, 2.75) is 0 Å². The SMILES string of the molecule is Cn1cc(Br)c(-c2cc(N)n[nH]2)n1. The first-order valence-electron chi connectivity index (χ1n) is 3.67. The molecule has 2 rings (SSSR count). The second-order valence-corrected chi connectivity index (χ2v) is 3.56. The molecule has 0 radical (unpaired) electrons. The van der Waals surface area contributed by atoms with Crippen molar-refractivity contribution in [1.82, 2.24) is 20.0 Å². The molecule has 0 aromatic carbocycles. The minimum absolute atomic E-state index is 0.465. The van der Waals surface area contributed by atoms with Gasteiger partial charge in [0, 0.05) is 19.3 Å². The van der Waals surface area contributed by atoms with E-state index in [0.717, 1.165) is 15.9 Å². The number of halogens is 1. The highest BCUT2D eigenvalue weighted by atomic mass is 79.9. The van der Waals surface area contributed by atoms with Crippen molar-refractivity contribution < 1.29 is 0 Å². The molecule has 2 aromatic heterocycles. The van der Waals surface area contributed by atoms with Crippen LogP contribution in [0.4, 0.5) is 5.82 Å². The van der Waals surface area contributed by atoms with E-state index in [0.29, 0.717) is 5.82 Å². The van der Waals surface area contributed by atoms with Crippen LogP contribution in [0.15, 0.2) is 16.7 Å². The Morgan fingerprint density at radius 2 is 2.38 bits per heavy atom. The lowest BCUT2D eigenvalue weighted by atomic mass is 10.3. The number of nitrogens with two attached hydrogens (primary N) is 1. The molecule has 0 aliphatic rings. The average molecular weight is 242 g/mol. The van der Waals surface area contributed by atoms with Gasteiger partial charge in [0.25, 0.3) is 0 Å². The van der Waals surface area contributed by atoms with Crippen molar-refractivity contribution >= 4 is 21.7 Å². The molecule has 0 saturated carbocycles. The Balaban J connectivity index is 2.51. The Hall–Kier alpha value is -1.30. The maximum absolute atomic E-state index is 5.48. The number of nitrogen functional groups attached to an aromatic ring is 1. The molecule has 3 N–H and O–H groups in total. The van der Waals surface area contributed by atoms with Crippen LogP contribution in [0.5, 0.6) is 0 Å². The lowest BCUT2D eigenvalue weighted by molar-refractivity contribution is 0.769. The molecule has 0 bridgehead atoms. The van der Waals surface area contributed by atoms with Gasteiger partial charge in [0.05, 0.1) is 10.2 Å². The lowest BCUT2D eigenvalue weighted by Gasteiger charge is -1.89. The fourth-order valence-corrected chi connectivity index (χ4v) is 1.69. The molecule has 0 spiro atoms. The van der Waals surface area contributed by atoms with Gasteiger partial charge in [0.15, 0.2) is 0 Å². The molecule has 0 amide bonds. The van der Waals surface area contributed by atoms with Crippen molar-refractivity contribution in [3.05, 3.63) is 16.7 Å². The number of rotatable bonds is 1. The summed E-state index contributed by atoms with van der Waals surface area (Å²) >= 11 is 3.39. The van der Waals surface area contributed by atoms with Crippen LogP contribution in [-0.4, -0.2) is 20.0 Å². The standard InChI is InChI=1S/C7H8BrN5/c1-13-3-4(8)7(12-13)5-2-6(9)11-10-5/h2-3H,1H3,(H3,9,10,11). The highest BCUT2D eigenvalue weighted by Gasteiger charge is 2.09. The van der Waals surface area contributed by atoms with E-state index in [9.17, 15) is 0 Å². The summed E-state index contributed by atoms with van der Waals surface area (Å²) < 4.78 is 2.63. The third-order valence-corrected chi connectivity index (χ3v) is 2.22. The summed E-state index contributed by atoms with van der Waals surface area (Å²) in [5.41, 5.74) is 7.10. The van der Waals surface area contributed by atoms with Gasteiger partial charge in [-0.1, -0.05) is 0 Å². The molecule has 0 aliphatic carbocycles. The molecule has 0 unspecified atom stereocenters. The van der Waals surface area contributed by atoms with E-state index in [-0.39, 0.29) is 0 Å². The van der Waals surface area contributed by atoms with Crippen LogP contribution in [0.3, 0.4) is 0 Å². The zero-order valence-electron chi connectivity index (χ0n) is 6.95. The van der Waals surface area contributed by atoms with E-state index < -0.39 is 0 Å². The van der Waals surface area contributed by atoms with Gasteiger partial charge in [0.1, 0.15) is 11.5 Å². The number of nitrogens with one attached hydrogen (secondary N) is 1. The van der Waals surface area contributed by atoms with Crippen molar-refractivity contribution in [2.24, 2.45) is 7.05 Å². The molecule has 68 valence electrons. The molecule has 2 aromatic rings. The van der Waals surface area contributed by atoms with Crippen molar-refractivity contribution in [2.75, 3.05) is 5.73 Å². The van der Waals surface area contributed by atoms with E-state index in [1.165, 1.54) is 0 Å². The third kappa shape index (κ3) is 1.44. The van der Waals surface area contributed by atoms with Gasteiger partial charge in [0.2, 0.25) is 0 Å². The van der Waals surface area contributed by atoms with Crippen molar-refractivity contribution in [3.8, 4) is 11.4 Å². The summed E-state index contributed by atoms with van der Waals surface area (Å²) in [6, 6.07) is 1.74. The van der Waals surface area contributed by atoms with Gasteiger partial charge in [-0.2, -0.15) is 10.2 Å².